The van der Waals surface area contributed by atoms with Crippen molar-refractivity contribution in [3.05, 3.63) is 40.9 Å². The number of urea groups is 1. The fraction of sp³-hybridized carbons (Fsp3) is 0.286. The van der Waals surface area contributed by atoms with Crippen LogP contribution in [0.1, 0.15) is 11.1 Å². The highest BCUT2D eigenvalue weighted by molar-refractivity contribution is 7.13. The van der Waals surface area contributed by atoms with Gasteiger partial charge in [-0.15, -0.1) is 11.3 Å². The molecule has 0 aliphatic rings. The van der Waals surface area contributed by atoms with Crippen molar-refractivity contribution in [3.63, 3.8) is 0 Å². The Bertz CT molecular complexity index is 570. The molecule has 0 spiro atoms. The third kappa shape index (κ3) is 3.96. The number of nitrogens with one attached hydrogen (secondary N) is 2. The number of hydrogen-bond donors (Lipinski definition) is 2. The minimum absolute atomic E-state index is 0.244. The standard InChI is InChI=1S/C14H17N3O2S/c1-10-3-4-12(19-2)11(9-10)5-6-15-13(18)17-14-16-7-8-20-14/h3-4,7-9H,5-6H2,1-2H3,(H2,15,16,17,18). The molecule has 1 aromatic carbocycles. The molecule has 0 saturated carbocycles. The zero-order valence-electron chi connectivity index (χ0n) is 11.5. The molecule has 0 saturated heterocycles. The minimum atomic E-state index is -0.244. The monoisotopic (exact) mass is 291 g/mol. The highest BCUT2D eigenvalue weighted by Crippen LogP contribution is 2.19. The average Bonchev–Trinajstić information content (AvgIpc) is 2.92. The summed E-state index contributed by atoms with van der Waals surface area (Å²) in [7, 11) is 1.65. The molecule has 20 heavy (non-hydrogen) atoms. The molecule has 6 heteroatoms. The van der Waals surface area contributed by atoms with Gasteiger partial charge in [0.15, 0.2) is 5.13 Å². The Morgan fingerprint density at radius 3 is 3.00 bits per heavy atom. The second-order valence-electron chi connectivity index (χ2n) is 4.28. The van der Waals surface area contributed by atoms with E-state index < -0.39 is 0 Å². The van der Waals surface area contributed by atoms with Crippen LogP contribution in [0.2, 0.25) is 0 Å². The zero-order chi connectivity index (χ0) is 14.4. The maximum Gasteiger partial charge on any atom is 0.321 e. The molecule has 2 N–H and O–H groups in total. The highest BCUT2D eigenvalue weighted by atomic mass is 32.1. The molecule has 0 fully saturated rings. The van der Waals surface area contributed by atoms with Gasteiger partial charge >= 0.3 is 6.03 Å². The SMILES string of the molecule is COc1ccc(C)cc1CCNC(=O)Nc1nccs1. The number of amides is 2. The lowest BCUT2D eigenvalue weighted by Gasteiger charge is -2.10. The van der Waals surface area contributed by atoms with E-state index in [1.54, 1.807) is 13.3 Å². The molecule has 1 aromatic heterocycles. The average molecular weight is 291 g/mol. The molecule has 0 radical (unpaired) electrons. The first-order chi connectivity index (χ1) is 9.69. The van der Waals surface area contributed by atoms with Crippen molar-refractivity contribution >= 4 is 22.5 Å². The number of aryl methyl sites for hydroxylation is 1. The molecule has 2 aromatic rings. The van der Waals surface area contributed by atoms with Gasteiger partial charge in [-0.25, -0.2) is 9.78 Å². The molecule has 0 aliphatic carbocycles. The van der Waals surface area contributed by atoms with Gasteiger partial charge in [0.1, 0.15) is 5.75 Å². The van der Waals surface area contributed by atoms with Crippen LogP contribution >= 0.6 is 11.3 Å². The number of benzene rings is 1. The molecule has 0 aliphatic heterocycles. The lowest BCUT2D eigenvalue weighted by Crippen LogP contribution is -2.30. The maximum atomic E-state index is 11.6. The van der Waals surface area contributed by atoms with Crippen LogP contribution in [0.4, 0.5) is 9.93 Å². The molecule has 0 bridgehead atoms. The number of anilines is 1. The van der Waals surface area contributed by atoms with Crippen molar-refractivity contribution < 1.29 is 9.53 Å². The highest BCUT2D eigenvalue weighted by Gasteiger charge is 2.06. The van der Waals surface area contributed by atoms with E-state index in [1.165, 1.54) is 16.9 Å². The molecule has 0 atom stereocenters. The van der Waals surface area contributed by atoms with Crippen LogP contribution in [0.5, 0.6) is 5.75 Å². The normalized spacial score (nSPS) is 10.1. The van der Waals surface area contributed by atoms with Gasteiger partial charge < -0.3 is 10.1 Å². The molecule has 2 amide bonds. The second-order valence-corrected chi connectivity index (χ2v) is 5.18. The van der Waals surface area contributed by atoms with Crippen LogP contribution < -0.4 is 15.4 Å². The second kappa shape index (κ2) is 6.91. The predicted molar refractivity (Wildman–Crippen MR) is 80.6 cm³/mol. The van der Waals surface area contributed by atoms with Crippen LogP contribution in [-0.4, -0.2) is 24.7 Å². The first-order valence-electron chi connectivity index (χ1n) is 6.27. The van der Waals surface area contributed by atoms with E-state index in [9.17, 15) is 4.79 Å². The van der Waals surface area contributed by atoms with Crippen molar-refractivity contribution in [2.75, 3.05) is 19.0 Å². The summed E-state index contributed by atoms with van der Waals surface area (Å²) in [5.41, 5.74) is 2.26. The summed E-state index contributed by atoms with van der Waals surface area (Å²) in [4.78, 5) is 15.6. The van der Waals surface area contributed by atoms with Gasteiger partial charge in [-0.2, -0.15) is 0 Å². The van der Waals surface area contributed by atoms with E-state index in [2.05, 4.69) is 21.7 Å². The third-order valence-corrected chi connectivity index (χ3v) is 3.46. The minimum Gasteiger partial charge on any atom is -0.496 e. The topological polar surface area (TPSA) is 63.2 Å². The van der Waals surface area contributed by atoms with Crippen LogP contribution in [-0.2, 0) is 6.42 Å². The number of aromatic nitrogens is 1. The molecule has 0 unspecified atom stereocenters. The van der Waals surface area contributed by atoms with E-state index in [1.807, 2.05) is 24.4 Å². The van der Waals surface area contributed by atoms with E-state index in [4.69, 9.17) is 4.74 Å². The first-order valence-corrected chi connectivity index (χ1v) is 7.15. The summed E-state index contributed by atoms with van der Waals surface area (Å²) in [5, 5.41) is 7.88. The fourth-order valence-corrected chi connectivity index (χ4v) is 2.36. The van der Waals surface area contributed by atoms with E-state index in [-0.39, 0.29) is 6.03 Å². The number of hydrogen-bond acceptors (Lipinski definition) is 4. The zero-order valence-corrected chi connectivity index (χ0v) is 12.3. The smallest absolute Gasteiger partial charge is 0.321 e. The predicted octanol–water partition coefficient (Wildman–Crippen LogP) is 2.82. The number of methoxy groups -OCH3 is 1. The van der Waals surface area contributed by atoms with Crippen molar-refractivity contribution in [1.29, 1.82) is 0 Å². The van der Waals surface area contributed by atoms with Crippen LogP contribution in [0, 0.1) is 6.92 Å². The van der Waals surface area contributed by atoms with Gasteiger partial charge in [0.2, 0.25) is 0 Å². The third-order valence-electron chi connectivity index (χ3n) is 2.77. The van der Waals surface area contributed by atoms with Gasteiger partial charge in [0.05, 0.1) is 7.11 Å². The number of rotatable bonds is 5. The van der Waals surface area contributed by atoms with Gasteiger partial charge in [-0.05, 0) is 25.0 Å². The van der Waals surface area contributed by atoms with Crippen LogP contribution in [0.25, 0.3) is 0 Å². The van der Waals surface area contributed by atoms with Gasteiger partial charge in [0.25, 0.3) is 0 Å². The summed E-state index contributed by atoms with van der Waals surface area (Å²) in [6, 6.07) is 5.77. The largest absolute Gasteiger partial charge is 0.496 e. The summed E-state index contributed by atoms with van der Waals surface area (Å²) in [6.45, 7) is 2.57. The number of thiazole rings is 1. The Hall–Kier alpha value is -2.08. The fourth-order valence-electron chi connectivity index (χ4n) is 1.84. The van der Waals surface area contributed by atoms with Crippen LogP contribution in [0.3, 0.4) is 0 Å². The molecule has 106 valence electrons. The van der Waals surface area contributed by atoms with Gasteiger partial charge in [-0.3, -0.25) is 5.32 Å². The van der Waals surface area contributed by atoms with Gasteiger partial charge in [-0.1, -0.05) is 17.7 Å². The molecular weight excluding hydrogens is 274 g/mol. The van der Waals surface area contributed by atoms with E-state index in [0.717, 1.165) is 17.7 Å². The molecule has 2 rings (SSSR count). The number of carbonyl (C=O) groups is 1. The molecule has 5 nitrogen and oxygen atoms in total. The Morgan fingerprint density at radius 2 is 2.30 bits per heavy atom. The Morgan fingerprint density at radius 1 is 1.45 bits per heavy atom. The summed E-state index contributed by atoms with van der Waals surface area (Å²) < 4.78 is 5.31. The summed E-state index contributed by atoms with van der Waals surface area (Å²) in [5.74, 6) is 0.845. The van der Waals surface area contributed by atoms with Crippen molar-refractivity contribution in [2.24, 2.45) is 0 Å². The maximum absolute atomic E-state index is 11.6. The first kappa shape index (κ1) is 14.3. The number of nitrogens with zero attached hydrogens (tertiary/aromatic N) is 1. The lowest BCUT2D eigenvalue weighted by atomic mass is 10.1. The van der Waals surface area contributed by atoms with E-state index >= 15 is 0 Å². The number of carbonyl (C=O) groups excluding carboxylic acids is 1. The quantitative estimate of drug-likeness (QED) is 0.890. The lowest BCUT2D eigenvalue weighted by molar-refractivity contribution is 0.252. The van der Waals surface area contributed by atoms with Gasteiger partial charge in [0, 0.05) is 18.1 Å². The van der Waals surface area contributed by atoms with Crippen molar-refractivity contribution in [2.45, 2.75) is 13.3 Å². The molecule has 1 heterocycles. The molecular formula is C14H17N3O2S. The summed E-state index contributed by atoms with van der Waals surface area (Å²) in [6.07, 6.45) is 2.37. The summed E-state index contributed by atoms with van der Waals surface area (Å²) >= 11 is 1.39. The Kier molecular flexibility index (Phi) is 4.95. The van der Waals surface area contributed by atoms with Crippen LogP contribution in [0.15, 0.2) is 29.8 Å². The van der Waals surface area contributed by atoms with Crippen molar-refractivity contribution in [1.82, 2.24) is 10.3 Å². The van der Waals surface area contributed by atoms with Crippen molar-refractivity contribution in [3.8, 4) is 5.75 Å². The van der Waals surface area contributed by atoms with E-state index in [0.29, 0.717) is 11.7 Å². The number of ether oxygens (including phenoxy) is 1. The Labute approximate surface area is 122 Å². The Balaban J connectivity index is 1.83.